The topological polar surface area (TPSA) is 0 Å². The van der Waals surface area contributed by atoms with Gasteiger partial charge in [-0.05, 0) is 37.6 Å². The highest BCUT2D eigenvalue weighted by molar-refractivity contribution is 7.34. The molecule has 0 saturated heterocycles. The third-order valence-corrected chi connectivity index (χ3v) is 4.55. The molecule has 0 radical (unpaired) electrons. The van der Waals surface area contributed by atoms with Crippen molar-refractivity contribution in [3.05, 3.63) is 11.1 Å². The van der Waals surface area contributed by atoms with Crippen molar-refractivity contribution in [3.8, 4) is 0 Å². The second-order valence-electron chi connectivity index (χ2n) is 3.62. The fourth-order valence-electron chi connectivity index (χ4n) is 2.33. The van der Waals surface area contributed by atoms with Gasteiger partial charge in [-0.15, -0.1) is 22.2 Å². The lowest BCUT2D eigenvalue weighted by Gasteiger charge is -2.11. The van der Waals surface area contributed by atoms with Crippen LogP contribution in [0.3, 0.4) is 0 Å². The molecule has 62 valence electrons. The Kier molecular flexibility index (Phi) is 2.31. The predicted molar refractivity (Wildman–Crippen MR) is 52.6 cm³/mol. The Balaban J connectivity index is 2.04. The summed E-state index contributed by atoms with van der Waals surface area (Å²) in [6.07, 6.45) is 5.45. The molecule has 1 fully saturated rings. The smallest absolute Gasteiger partial charge is 0.150 e. The van der Waals surface area contributed by atoms with Crippen LogP contribution in [-0.2, 0) is 0 Å². The minimum absolute atomic E-state index is 0.973. The molecule has 1 atom stereocenters. The highest BCUT2D eigenvalue weighted by Gasteiger charge is 2.30. The van der Waals surface area contributed by atoms with Crippen LogP contribution >= 0.6 is 22.2 Å². The second kappa shape index (κ2) is 3.12. The van der Waals surface area contributed by atoms with Crippen LogP contribution in [0.25, 0.3) is 0 Å². The minimum atomic E-state index is -1.37. The zero-order valence-corrected chi connectivity index (χ0v) is 9.11. The Labute approximate surface area is 78.6 Å². The lowest BCUT2D eigenvalue weighted by Crippen LogP contribution is -1.99. The molecule has 0 amide bonds. The van der Waals surface area contributed by atoms with E-state index in [1.165, 1.54) is 25.7 Å². The molecule has 0 N–H and O–H groups in total. The quantitative estimate of drug-likeness (QED) is 0.370. The highest BCUT2D eigenvalue weighted by atomic mass is 35.7. The van der Waals surface area contributed by atoms with Gasteiger partial charge in [-0.2, -0.15) is 0 Å². The average molecular weight is 207 g/mol. The maximum absolute atomic E-state index is 5.87. The Morgan fingerprint density at radius 1 is 1.36 bits per heavy atom. The van der Waals surface area contributed by atoms with E-state index in [-0.39, 0.29) is 0 Å². The lowest BCUT2D eigenvalue weighted by molar-refractivity contribution is 0.563. The highest BCUT2D eigenvalue weighted by Crippen LogP contribution is 2.45. The van der Waals surface area contributed by atoms with Gasteiger partial charge in [0.1, 0.15) is 0 Å². The minimum Gasteiger partial charge on any atom is -0.150 e. The van der Waals surface area contributed by atoms with E-state index in [2.05, 4.69) is 0 Å². The summed E-state index contributed by atoms with van der Waals surface area (Å²) in [4.78, 5) is 0. The van der Waals surface area contributed by atoms with Gasteiger partial charge in [-0.1, -0.05) is 11.1 Å². The van der Waals surface area contributed by atoms with Gasteiger partial charge in [0.05, 0.1) is 0 Å². The molecule has 2 aliphatic carbocycles. The fourth-order valence-corrected chi connectivity index (χ4v) is 4.28. The van der Waals surface area contributed by atoms with E-state index >= 15 is 0 Å². The van der Waals surface area contributed by atoms with E-state index in [9.17, 15) is 0 Å². The van der Waals surface area contributed by atoms with Crippen molar-refractivity contribution in [1.82, 2.24) is 0 Å². The Morgan fingerprint density at radius 3 is 2.64 bits per heavy atom. The van der Waals surface area contributed by atoms with Crippen molar-refractivity contribution in [1.29, 1.82) is 0 Å². The molecular formula is C8H12Cl2Si. The van der Waals surface area contributed by atoms with E-state index in [0.29, 0.717) is 0 Å². The van der Waals surface area contributed by atoms with E-state index in [4.69, 9.17) is 22.2 Å². The van der Waals surface area contributed by atoms with Crippen molar-refractivity contribution in [3.63, 3.8) is 0 Å². The normalized spacial score (nSPS) is 29.2. The molecule has 3 heteroatoms. The van der Waals surface area contributed by atoms with Crippen molar-refractivity contribution >= 4 is 29.6 Å². The zero-order valence-electron chi connectivity index (χ0n) is 6.45. The summed E-state index contributed by atoms with van der Waals surface area (Å²) in [5.74, 6) is 0.973. The first-order valence-electron chi connectivity index (χ1n) is 4.23. The molecule has 1 saturated carbocycles. The Bertz CT molecular complexity index is 198. The monoisotopic (exact) mass is 206 g/mol. The third kappa shape index (κ3) is 1.66. The van der Waals surface area contributed by atoms with Crippen LogP contribution in [0.5, 0.6) is 0 Å². The van der Waals surface area contributed by atoms with Gasteiger partial charge in [-0.25, -0.2) is 0 Å². The number of fused-ring (bicyclic) bond motifs is 2. The molecule has 2 rings (SSSR count). The summed E-state index contributed by atoms with van der Waals surface area (Å²) in [6, 6.07) is 1.05. The molecule has 1 unspecified atom stereocenters. The predicted octanol–water partition coefficient (Wildman–Crippen LogP) is 3.18. The second-order valence-corrected chi connectivity index (χ2v) is 8.64. The number of hydrogen-bond donors (Lipinski definition) is 0. The molecule has 11 heavy (non-hydrogen) atoms. The standard InChI is InChI=1S/C8H12Cl2Si/c9-11(10)5-8-4-6-1-2-7(8)3-6/h6,11H,1-5H2. The van der Waals surface area contributed by atoms with Crippen LogP contribution < -0.4 is 0 Å². The van der Waals surface area contributed by atoms with Gasteiger partial charge in [0.2, 0.25) is 7.42 Å². The van der Waals surface area contributed by atoms with Crippen LogP contribution in [0, 0.1) is 5.92 Å². The molecule has 0 spiro atoms. The molecule has 0 aliphatic heterocycles. The van der Waals surface area contributed by atoms with Crippen molar-refractivity contribution in [2.45, 2.75) is 31.7 Å². The van der Waals surface area contributed by atoms with Crippen LogP contribution in [0.1, 0.15) is 25.7 Å². The van der Waals surface area contributed by atoms with Gasteiger partial charge in [0.25, 0.3) is 0 Å². The first-order valence-corrected chi connectivity index (χ1v) is 8.54. The molecule has 0 aromatic carbocycles. The fraction of sp³-hybridized carbons (Fsp3) is 0.750. The molecule has 2 aliphatic rings. The zero-order chi connectivity index (χ0) is 7.84. The first-order chi connectivity index (χ1) is 5.25. The van der Waals surface area contributed by atoms with Gasteiger partial charge < -0.3 is 0 Å². The number of allylic oxidation sites excluding steroid dienone is 2. The Hall–Kier alpha value is 0.537. The van der Waals surface area contributed by atoms with E-state index in [0.717, 1.165) is 12.0 Å². The lowest BCUT2D eigenvalue weighted by atomic mass is 10.0. The van der Waals surface area contributed by atoms with E-state index in [1.807, 2.05) is 0 Å². The molecular weight excluding hydrogens is 195 g/mol. The van der Waals surface area contributed by atoms with Gasteiger partial charge in [0.15, 0.2) is 0 Å². The maximum atomic E-state index is 5.87. The number of hydrogen-bond acceptors (Lipinski definition) is 0. The molecule has 0 aromatic heterocycles. The summed E-state index contributed by atoms with van der Waals surface area (Å²) in [5, 5.41) is 0. The van der Waals surface area contributed by atoms with Crippen molar-refractivity contribution in [2.75, 3.05) is 0 Å². The SMILES string of the molecule is Cl[SiH](Cl)CC1=C2CCC(C2)C1. The molecule has 0 heterocycles. The Morgan fingerprint density at radius 2 is 2.18 bits per heavy atom. The van der Waals surface area contributed by atoms with Gasteiger partial charge >= 0.3 is 0 Å². The van der Waals surface area contributed by atoms with E-state index in [1.54, 1.807) is 11.1 Å². The van der Waals surface area contributed by atoms with Crippen LogP contribution in [0.2, 0.25) is 6.04 Å². The van der Waals surface area contributed by atoms with E-state index < -0.39 is 7.42 Å². The summed E-state index contributed by atoms with van der Waals surface area (Å²) < 4.78 is 0. The molecule has 2 bridgehead atoms. The van der Waals surface area contributed by atoms with Crippen LogP contribution in [0.4, 0.5) is 0 Å². The molecule has 0 aromatic rings. The summed E-state index contributed by atoms with van der Waals surface area (Å²) >= 11 is 11.7. The third-order valence-electron chi connectivity index (χ3n) is 2.83. The molecule has 0 nitrogen and oxygen atoms in total. The first kappa shape index (κ1) is 8.15. The summed E-state index contributed by atoms with van der Waals surface area (Å²) in [6.45, 7) is 0. The largest absolute Gasteiger partial charge is 0.240 e. The van der Waals surface area contributed by atoms with Crippen molar-refractivity contribution < 1.29 is 0 Å². The van der Waals surface area contributed by atoms with Crippen LogP contribution in [0.15, 0.2) is 11.1 Å². The number of halogens is 2. The van der Waals surface area contributed by atoms with Crippen LogP contribution in [-0.4, -0.2) is 7.42 Å². The average Bonchev–Trinajstić information content (AvgIpc) is 2.45. The van der Waals surface area contributed by atoms with Crippen molar-refractivity contribution in [2.24, 2.45) is 5.92 Å². The summed E-state index contributed by atoms with van der Waals surface area (Å²) in [7, 11) is -1.37. The van der Waals surface area contributed by atoms with Gasteiger partial charge in [0, 0.05) is 0 Å². The maximum Gasteiger partial charge on any atom is 0.240 e. The van der Waals surface area contributed by atoms with Gasteiger partial charge in [-0.3, -0.25) is 0 Å². The number of rotatable bonds is 2. The summed E-state index contributed by atoms with van der Waals surface area (Å²) in [5.41, 5.74) is 3.33.